The average molecular weight is 293 g/mol. The maximum absolute atomic E-state index is 12.1. The summed E-state index contributed by atoms with van der Waals surface area (Å²) in [5.41, 5.74) is 6.43. The van der Waals surface area contributed by atoms with Crippen LogP contribution in [-0.4, -0.2) is 28.5 Å². The number of carboxylic acid groups (broad SMARTS) is 1. The van der Waals surface area contributed by atoms with Crippen LogP contribution in [0, 0.1) is 11.3 Å². The maximum atomic E-state index is 12.1. The highest BCUT2D eigenvalue weighted by Crippen LogP contribution is 2.24. The highest BCUT2D eigenvalue weighted by Gasteiger charge is 2.23. The van der Waals surface area contributed by atoms with E-state index in [9.17, 15) is 9.59 Å². The highest BCUT2D eigenvalue weighted by molar-refractivity contribution is 5.85. The Morgan fingerprint density at radius 1 is 1.38 bits per heavy atom. The Labute approximate surface area is 124 Å². The van der Waals surface area contributed by atoms with Crippen LogP contribution in [0.5, 0.6) is 0 Å². The number of carboxylic acids is 1. The minimum absolute atomic E-state index is 0.0161. The topological polar surface area (TPSA) is 105 Å². The molecule has 0 aromatic carbocycles. The third-order valence-corrected chi connectivity index (χ3v) is 3.02. The van der Waals surface area contributed by atoms with Crippen molar-refractivity contribution in [3.8, 4) is 0 Å². The molecule has 4 N–H and O–H groups in total. The van der Waals surface area contributed by atoms with E-state index >= 15 is 0 Å². The fraction of sp³-hybridized carbons (Fsp3) is 0.533. The fourth-order valence-corrected chi connectivity index (χ4v) is 2.01. The van der Waals surface area contributed by atoms with Crippen molar-refractivity contribution >= 4 is 11.9 Å². The van der Waals surface area contributed by atoms with Crippen molar-refractivity contribution in [3.63, 3.8) is 0 Å². The van der Waals surface area contributed by atoms with Crippen molar-refractivity contribution in [3.05, 3.63) is 29.6 Å². The van der Waals surface area contributed by atoms with Crippen molar-refractivity contribution in [2.45, 2.75) is 33.7 Å². The normalized spacial score (nSPS) is 12.8. The van der Waals surface area contributed by atoms with Crippen LogP contribution >= 0.6 is 0 Å². The van der Waals surface area contributed by atoms with Crippen LogP contribution in [0.25, 0.3) is 0 Å². The Morgan fingerprint density at radius 2 is 2.05 bits per heavy atom. The third kappa shape index (κ3) is 5.91. The van der Waals surface area contributed by atoms with E-state index in [2.05, 4.69) is 31.1 Å². The zero-order valence-electron chi connectivity index (χ0n) is 12.7. The van der Waals surface area contributed by atoms with Gasteiger partial charge in [-0.25, -0.2) is 9.78 Å². The van der Waals surface area contributed by atoms with Gasteiger partial charge in [0.25, 0.3) is 0 Å². The molecule has 6 heteroatoms. The van der Waals surface area contributed by atoms with E-state index < -0.39 is 5.97 Å². The molecule has 0 saturated heterocycles. The van der Waals surface area contributed by atoms with Crippen LogP contribution in [0.1, 0.15) is 43.2 Å². The van der Waals surface area contributed by atoms with Crippen LogP contribution in [0.2, 0.25) is 0 Å². The number of carbonyl (C=O) groups is 2. The molecule has 0 bridgehead atoms. The first-order chi connectivity index (χ1) is 9.73. The second-order valence-electron chi connectivity index (χ2n) is 6.27. The molecular weight excluding hydrogens is 270 g/mol. The molecule has 6 nitrogen and oxygen atoms in total. The van der Waals surface area contributed by atoms with Crippen LogP contribution in [0.3, 0.4) is 0 Å². The van der Waals surface area contributed by atoms with Gasteiger partial charge in [-0.3, -0.25) is 4.79 Å². The molecule has 0 aliphatic rings. The number of aromatic nitrogens is 1. The van der Waals surface area contributed by atoms with Gasteiger partial charge in [-0.15, -0.1) is 0 Å². The number of nitrogens with two attached hydrogens (primary N) is 1. The number of rotatable bonds is 6. The summed E-state index contributed by atoms with van der Waals surface area (Å²) in [6.07, 6.45) is 2.16. The van der Waals surface area contributed by atoms with Gasteiger partial charge in [0.15, 0.2) is 0 Å². The summed E-state index contributed by atoms with van der Waals surface area (Å²) in [4.78, 5) is 26.6. The molecule has 0 aliphatic carbocycles. The maximum Gasteiger partial charge on any atom is 0.354 e. The van der Waals surface area contributed by atoms with E-state index in [0.29, 0.717) is 19.5 Å². The summed E-state index contributed by atoms with van der Waals surface area (Å²) in [6.45, 7) is 6.82. The third-order valence-electron chi connectivity index (χ3n) is 3.02. The van der Waals surface area contributed by atoms with Crippen LogP contribution in [0.15, 0.2) is 18.3 Å². The summed E-state index contributed by atoms with van der Waals surface area (Å²) in [7, 11) is 0. The van der Waals surface area contributed by atoms with Crippen LogP contribution in [0.4, 0.5) is 0 Å². The number of hydrogen-bond donors (Lipinski definition) is 3. The smallest absolute Gasteiger partial charge is 0.354 e. The summed E-state index contributed by atoms with van der Waals surface area (Å²) >= 11 is 0. The van der Waals surface area contributed by atoms with Gasteiger partial charge in [-0.1, -0.05) is 26.8 Å². The monoisotopic (exact) mass is 293 g/mol. The highest BCUT2D eigenvalue weighted by atomic mass is 16.4. The van der Waals surface area contributed by atoms with Gasteiger partial charge in [0.2, 0.25) is 5.91 Å². The van der Waals surface area contributed by atoms with E-state index in [0.717, 1.165) is 5.56 Å². The molecular formula is C15H23N3O3. The van der Waals surface area contributed by atoms with Crippen LogP contribution in [-0.2, 0) is 11.3 Å². The standard InChI is InChI=1S/C15H23N3O3/c1-15(2,3)6-11(7-16)13(19)18-9-10-4-5-12(14(20)21)17-8-10/h4-5,8,11H,6-7,9,16H2,1-3H3,(H,18,19)(H,20,21). The summed E-state index contributed by atoms with van der Waals surface area (Å²) < 4.78 is 0. The number of amides is 1. The SMILES string of the molecule is CC(C)(C)CC(CN)C(=O)NCc1ccc(C(=O)O)nc1. The largest absolute Gasteiger partial charge is 0.477 e. The van der Waals surface area contributed by atoms with E-state index in [-0.39, 0.29) is 22.9 Å². The fourth-order valence-electron chi connectivity index (χ4n) is 2.01. The Balaban J connectivity index is 2.57. The minimum Gasteiger partial charge on any atom is -0.477 e. The molecule has 116 valence electrons. The van der Waals surface area contributed by atoms with Crippen molar-refractivity contribution in [1.29, 1.82) is 0 Å². The number of nitrogens with zero attached hydrogens (tertiary/aromatic N) is 1. The number of nitrogens with one attached hydrogen (secondary N) is 1. The van der Waals surface area contributed by atoms with Crippen molar-refractivity contribution in [1.82, 2.24) is 10.3 Å². The van der Waals surface area contributed by atoms with E-state index in [1.165, 1.54) is 12.3 Å². The lowest BCUT2D eigenvalue weighted by Gasteiger charge is -2.24. The first-order valence-electron chi connectivity index (χ1n) is 6.89. The number of hydrogen-bond acceptors (Lipinski definition) is 4. The Hall–Kier alpha value is -1.95. The molecule has 0 radical (unpaired) electrons. The summed E-state index contributed by atoms with van der Waals surface area (Å²) in [5.74, 6) is -1.38. The molecule has 1 unspecified atom stereocenters. The summed E-state index contributed by atoms with van der Waals surface area (Å²) in [6, 6.07) is 3.05. The Bertz CT molecular complexity index is 492. The number of pyridine rings is 1. The van der Waals surface area contributed by atoms with Gasteiger partial charge in [0.05, 0.1) is 5.92 Å². The van der Waals surface area contributed by atoms with E-state index in [4.69, 9.17) is 10.8 Å². The zero-order chi connectivity index (χ0) is 16.0. The Kier molecular flexibility index (Phi) is 5.84. The van der Waals surface area contributed by atoms with Gasteiger partial charge < -0.3 is 16.2 Å². The van der Waals surface area contributed by atoms with Gasteiger partial charge in [0, 0.05) is 19.3 Å². The predicted octanol–water partition coefficient (Wildman–Crippen LogP) is 1.41. The average Bonchev–Trinajstić information content (AvgIpc) is 2.41. The molecule has 1 atom stereocenters. The quantitative estimate of drug-likeness (QED) is 0.735. The molecule has 0 spiro atoms. The molecule has 0 fully saturated rings. The van der Waals surface area contributed by atoms with Gasteiger partial charge >= 0.3 is 5.97 Å². The van der Waals surface area contributed by atoms with Crippen LogP contribution < -0.4 is 11.1 Å². The predicted molar refractivity (Wildman–Crippen MR) is 79.7 cm³/mol. The van der Waals surface area contributed by atoms with E-state index in [1.807, 2.05) is 0 Å². The van der Waals surface area contributed by atoms with Crippen molar-refractivity contribution < 1.29 is 14.7 Å². The van der Waals surface area contributed by atoms with Gasteiger partial charge in [0.1, 0.15) is 5.69 Å². The molecule has 1 aromatic rings. The summed E-state index contributed by atoms with van der Waals surface area (Å²) in [5, 5.41) is 11.6. The van der Waals surface area contributed by atoms with Crippen molar-refractivity contribution in [2.75, 3.05) is 6.54 Å². The molecule has 0 aliphatic heterocycles. The lowest BCUT2D eigenvalue weighted by Crippen LogP contribution is -2.36. The molecule has 0 saturated carbocycles. The lowest BCUT2D eigenvalue weighted by atomic mass is 9.84. The number of aromatic carboxylic acids is 1. The number of carbonyl (C=O) groups excluding carboxylic acids is 1. The zero-order valence-corrected chi connectivity index (χ0v) is 12.7. The molecule has 21 heavy (non-hydrogen) atoms. The van der Waals surface area contributed by atoms with E-state index in [1.54, 1.807) is 6.07 Å². The minimum atomic E-state index is -1.07. The van der Waals surface area contributed by atoms with Gasteiger partial charge in [-0.2, -0.15) is 0 Å². The molecule has 1 amide bonds. The molecule has 1 heterocycles. The first-order valence-corrected chi connectivity index (χ1v) is 6.89. The second-order valence-corrected chi connectivity index (χ2v) is 6.27. The second kappa shape index (κ2) is 7.17. The molecule has 1 rings (SSSR count). The lowest BCUT2D eigenvalue weighted by molar-refractivity contribution is -0.125. The molecule has 1 aromatic heterocycles. The van der Waals surface area contributed by atoms with Gasteiger partial charge in [-0.05, 0) is 23.5 Å². The first kappa shape index (κ1) is 17.1. The Morgan fingerprint density at radius 3 is 2.48 bits per heavy atom. The van der Waals surface area contributed by atoms with Crippen molar-refractivity contribution in [2.24, 2.45) is 17.1 Å².